The molecule has 9 heteroatoms. The fourth-order valence-corrected chi connectivity index (χ4v) is 5.53. The van der Waals surface area contributed by atoms with Crippen LogP contribution in [0.4, 0.5) is 0 Å². The second-order valence-corrected chi connectivity index (χ2v) is 11.3. The van der Waals surface area contributed by atoms with Gasteiger partial charge in [0.15, 0.2) is 0 Å². The molecule has 1 atom stereocenters. The molecule has 0 saturated carbocycles. The van der Waals surface area contributed by atoms with E-state index in [1.165, 1.54) is 0 Å². The van der Waals surface area contributed by atoms with E-state index in [9.17, 15) is 13.2 Å². The van der Waals surface area contributed by atoms with E-state index in [0.29, 0.717) is 24.3 Å². The van der Waals surface area contributed by atoms with Crippen molar-refractivity contribution in [3.8, 4) is 5.75 Å². The normalized spacial score (nSPS) is 18.0. The van der Waals surface area contributed by atoms with Crippen LogP contribution in [-0.4, -0.2) is 34.9 Å². The SMILES string of the molecule is CCOC(=O)Cc1ccccc1OCc1ccc2cnn(S(=O)(=O)C3(C)C=CC(Br)=CC3)c2c1. The zero-order chi connectivity index (χ0) is 24.3. The summed E-state index contributed by atoms with van der Waals surface area (Å²) in [4.78, 5) is 11.9. The fraction of sp³-hybridized carbons (Fsp3) is 0.280. The van der Waals surface area contributed by atoms with E-state index in [4.69, 9.17) is 9.47 Å². The maximum Gasteiger partial charge on any atom is 0.310 e. The van der Waals surface area contributed by atoms with Gasteiger partial charge in [-0.3, -0.25) is 4.79 Å². The number of rotatable bonds is 8. The average molecular weight is 545 g/mol. The van der Waals surface area contributed by atoms with Gasteiger partial charge >= 0.3 is 5.97 Å². The number of allylic oxidation sites excluding steroid dienone is 3. The van der Waals surface area contributed by atoms with Crippen molar-refractivity contribution in [3.63, 3.8) is 0 Å². The monoisotopic (exact) mass is 544 g/mol. The lowest BCUT2D eigenvalue weighted by molar-refractivity contribution is -0.142. The Balaban J connectivity index is 1.59. The fourth-order valence-electron chi connectivity index (χ4n) is 3.72. The Kier molecular flexibility index (Phi) is 6.95. The zero-order valence-electron chi connectivity index (χ0n) is 18.9. The number of fused-ring (bicyclic) bond motifs is 1. The van der Waals surface area contributed by atoms with E-state index in [-0.39, 0.29) is 19.0 Å². The summed E-state index contributed by atoms with van der Waals surface area (Å²) in [6.07, 6.45) is 7.29. The first-order valence-corrected chi connectivity index (χ1v) is 13.1. The molecule has 7 nitrogen and oxygen atoms in total. The van der Waals surface area contributed by atoms with Gasteiger partial charge in [-0.2, -0.15) is 9.19 Å². The lowest BCUT2D eigenvalue weighted by Gasteiger charge is -2.27. The van der Waals surface area contributed by atoms with Crippen molar-refractivity contribution >= 4 is 42.8 Å². The number of ether oxygens (including phenoxy) is 2. The molecule has 0 N–H and O–H groups in total. The molecule has 178 valence electrons. The van der Waals surface area contributed by atoms with E-state index >= 15 is 0 Å². The third-order valence-electron chi connectivity index (χ3n) is 5.72. The first-order chi connectivity index (χ1) is 16.2. The summed E-state index contributed by atoms with van der Waals surface area (Å²) in [6.45, 7) is 3.98. The first kappa shape index (κ1) is 24.2. The molecule has 0 amide bonds. The van der Waals surface area contributed by atoms with Crippen LogP contribution in [0.5, 0.6) is 5.75 Å². The Hall–Kier alpha value is -2.91. The molecular formula is C25H25BrN2O5S. The Labute approximate surface area is 207 Å². The number of esters is 1. The molecule has 0 saturated heterocycles. The van der Waals surface area contributed by atoms with E-state index < -0.39 is 14.8 Å². The summed E-state index contributed by atoms with van der Waals surface area (Å²) in [5.41, 5.74) is 2.00. The summed E-state index contributed by atoms with van der Waals surface area (Å²) < 4.78 is 38.9. The highest BCUT2D eigenvalue weighted by molar-refractivity contribution is 9.11. The van der Waals surface area contributed by atoms with Crippen molar-refractivity contribution in [3.05, 3.63) is 82.5 Å². The molecule has 1 heterocycles. The maximum atomic E-state index is 13.5. The van der Waals surface area contributed by atoms with Gasteiger partial charge in [-0.1, -0.05) is 64.5 Å². The Morgan fingerprint density at radius 3 is 2.76 bits per heavy atom. The van der Waals surface area contributed by atoms with Gasteiger partial charge in [0.05, 0.1) is 24.7 Å². The summed E-state index contributed by atoms with van der Waals surface area (Å²) in [6, 6.07) is 12.8. The lowest BCUT2D eigenvalue weighted by Crippen LogP contribution is -2.38. The quantitative estimate of drug-likeness (QED) is 0.375. The van der Waals surface area contributed by atoms with Gasteiger partial charge in [-0.15, -0.1) is 0 Å². The van der Waals surface area contributed by atoms with Gasteiger partial charge in [0.1, 0.15) is 17.1 Å². The van der Waals surface area contributed by atoms with Gasteiger partial charge < -0.3 is 9.47 Å². The van der Waals surface area contributed by atoms with Crippen molar-refractivity contribution in [2.45, 2.75) is 38.0 Å². The molecule has 0 bridgehead atoms. The second-order valence-electron chi connectivity index (χ2n) is 8.20. The van der Waals surface area contributed by atoms with Gasteiger partial charge in [0.2, 0.25) is 0 Å². The first-order valence-electron chi connectivity index (χ1n) is 10.9. The number of nitrogens with zero attached hydrogens (tertiary/aromatic N) is 2. The lowest BCUT2D eigenvalue weighted by atomic mass is 10.0. The number of para-hydroxylation sites is 1. The largest absolute Gasteiger partial charge is 0.489 e. The molecule has 34 heavy (non-hydrogen) atoms. The van der Waals surface area contributed by atoms with Crippen LogP contribution in [0.2, 0.25) is 0 Å². The molecule has 1 aliphatic rings. The molecule has 0 aliphatic heterocycles. The summed E-state index contributed by atoms with van der Waals surface area (Å²) in [7, 11) is -3.82. The minimum absolute atomic E-state index is 0.116. The molecule has 1 unspecified atom stereocenters. The smallest absolute Gasteiger partial charge is 0.310 e. The minimum Gasteiger partial charge on any atom is -0.489 e. The van der Waals surface area contributed by atoms with E-state index in [1.54, 1.807) is 44.3 Å². The van der Waals surface area contributed by atoms with Crippen LogP contribution in [0.3, 0.4) is 0 Å². The number of hydrogen-bond acceptors (Lipinski definition) is 6. The third kappa shape index (κ3) is 4.81. The molecule has 4 rings (SSSR count). The van der Waals surface area contributed by atoms with E-state index in [1.807, 2.05) is 36.4 Å². The summed E-state index contributed by atoms with van der Waals surface area (Å²) >= 11 is 3.38. The topological polar surface area (TPSA) is 87.5 Å². The molecule has 3 aromatic rings. The number of hydrogen-bond donors (Lipinski definition) is 0. The van der Waals surface area contributed by atoms with Crippen LogP contribution in [0.1, 0.15) is 31.4 Å². The number of aromatic nitrogens is 2. The highest BCUT2D eigenvalue weighted by atomic mass is 79.9. The van der Waals surface area contributed by atoms with Crippen molar-refractivity contribution in [1.29, 1.82) is 0 Å². The summed E-state index contributed by atoms with van der Waals surface area (Å²) in [5, 5.41) is 4.92. The van der Waals surface area contributed by atoms with Gasteiger partial charge in [-0.05, 0) is 38.0 Å². The van der Waals surface area contributed by atoms with Crippen LogP contribution < -0.4 is 4.74 Å². The van der Waals surface area contributed by atoms with Gasteiger partial charge in [0.25, 0.3) is 10.0 Å². The minimum atomic E-state index is -3.82. The Morgan fingerprint density at radius 2 is 2.03 bits per heavy atom. The van der Waals surface area contributed by atoms with Crippen LogP contribution >= 0.6 is 15.9 Å². The van der Waals surface area contributed by atoms with E-state index in [2.05, 4.69) is 21.0 Å². The van der Waals surface area contributed by atoms with Gasteiger partial charge in [0, 0.05) is 15.4 Å². The molecule has 1 aliphatic carbocycles. The van der Waals surface area contributed by atoms with E-state index in [0.717, 1.165) is 25.1 Å². The highest BCUT2D eigenvalue weighted by Crippen LogP contribution is 2.33. The molecular weight excluding hydrogens is 520 g/mol. The molecule has 0 spiro atoms. The maximum absolute atomic E-state index is 13.5. The average Bonchev–Trinajstić information content (AvgIpc) is 3.24. The Bertz CT molecular complexity index is 1390. The third-order valence-corrected chi connectivity index (χ3v) is 8.54. The molecule has 2 aromatic carbocycles. The van der Waals surface area contributed by atoms with Gasteiger partial charge in [-0.25, -0.2) is 8.42 Å². The number of halogens is 1. The predicted molar refractivity (Wildman–Crippen MR) is 134 cm³/mol. The van der Waals surface area contributed by atoms with Crippen LogP contribution in [0.15, 0.2) is 71.4 Å². The van der Waals surface area contributed by atoms with Crippen LogP contribution in [-0.2, 0) is 32.6 Å². The molecule has 1 aromatic heterocycles. The second kappa shape index (κ2) is 9.76. The van der Waals surface area contributed by atoms with Crippen molar-refractivity contribution < 1.29 is 22.7 Å². The highest BCUT2D eigenvalue weighted by Gasteiger charge is 2.40. The van der Waals surface area contributed by atoms with Crippen molar-refractivity contribution in [2.24, 2.45) is 0 Å². The molecule has 0 fully saturated rings. The number of carbonyl (C=O) groups is 1. The summed E-state index contributed by atoms with van der Waals surface area (Å²) in [5.74, 6) is 0.259. The van der Waals surface area contributed by atoms with Crippen molar-refractivity contribution in [1.82, 2.24) is 9.19 Å². The zero-order valence-corrected chi connectivity index (χ0v) is 21.3. The number of benzene rings is 2. The number of carbonyl (C=O) groups excluding carboxylic acids is 1. The Morgan fingerprint density at radius 1 is 1.24 bits per heavy atom. The van der Waals surface area contributed by atoms with Crippen molar-refractivity contribution in [2.75, 3.05) is 6.61 Å². The predicted octanol–water partition coefficient (Wildman–Crippen LogP) is 4.90. The van der Waals surface area contributed by atoms with Crippen LogP contribution in [0.25, 0.3) is 10.9 Å². The van der Waals surface area contributed by atoms with Crippen LogP contribution in [0, 0.1) is 0 Å². The molecule has 0 radical (unpaired) electrons. The standard InChI is InChI=1S/C25H25BrN2O5S/c1-3-32-24(29)15-19-6-4-5-7-23(19)33-17-18-8-9-20-16-27-28(22(20)14-18)34(30,31)25(2)12-10-21(26)11-13-25/h4-12,14,16H,3,13,15,17H2,1-2H3.